The van der Waals surface area contributed by atoms with Gasteiger partial charge in [-0.05, 0) is 30.7 Å². The van der Waals surface area contributed by atoms with Gasteiger partial charge in [-0.2, -0.15) is 5.10 Å². The number of nitrogens with one attached hydrogen (secondary N) is 1. The van der Waals surface area contributed by atoms with E-state index in [4.69, 9.17) is 10.8 Å². The lowest BCUT2D eigenvalue weighted by Gasteiger charge is -2.11. The van der Waals surface area contributed by atoms with E-state index in [1.807, 2.05) is 36.5 Å². The van der Waals surface area contributed by atoms with Crippen molar-refractivity contribution in [2.24, 2.45) is 0 Å². The molecule has 3 aromatic rings. The summed E-state index contributed by atoms with van der Waals surface area (Å²) >= 11 is 0. The van der Waals surface area contributed by atoms with Gasteiger partial charge in [-0.3, -0.25) is 0 Å². The van der Waals surface area contributed by atoms with E-state index < -0.39 is 0 Å². The Balaban J connectivity index is 2.01. The molecule has 6 nitrogen and oxygen atoms in total. The minimum absolute atomic E-state index is 0.162. The Bertz CT molecular complexity index is 739. The van der Waals surface area contributed by atoms with Gasteiger partial charge in [0.05, 0.1) is 11.2 Å². The van der Waals surface area contributed by atoms with Crippen LogP contribution >= 0.6 is 0 Å². The highest BCUT2D eigenvalue weighted by Crippen LogP contribution is 2.26. The van der Waals surface area contributed by atoms with Crippen molar-refractivity contribution in [1.82, 2.24) is 14.8 Å². The first kappa shape index (κ1) is 13.4. The van der Waals surface area contributed by atoms with Gasteiger partial charge in [0.25, 0.3) is 0 Å². The standard InChI is InChI=1S/C15H17N5O/c16-15-10-13(17-5-2-8-21)12-4-3-11(9-14(12)19-15)20-7-1-6-18-20/h1,3-4,6-7,9-10,21H,2,5,8H2,(H3,16,17,19). The Morgan fingerprint density at radius 1 is 1.29 bits per heavy atom. The first-order chi connectivity index (χ1) is 10.3. The quantitative estimate of drug-likeness (QED) is 0.621. The number of hydrogen-bond acceptors (Lipinski definition) is 5. The fourth-order valence-electron chi connectivity index (χ4n) is 2.25. The molecule has 4 N–H and O–H groups in total. The first-order valence-electron chi connectivity index (χ1n) is 6.83. The van der Waals surface area contributed by atoms with Gasteiger partial charge >= 0.3 is 0 Å². The Labute approximate surface area is 122 Å². The van der Waals surface area contributed by atoms with Crippen molar-refractivity contribution in [1.29, 1.82) is 0 Å². The number of aliphatic hydroxyl groups is 1. The van der Waals surface area contributed by atoms with E-state index in [1.54, 1.807) is 10.9 Å². The minimum Gasteiger partial charge on any atom is -0.396 e. The Hall–Kier alpha value is -2.60. The SMILES string of the molecule is Nc1cc(NCCCO)c2ccc(-n3cccn3)cc2n1. The number of aliphatic hydroxyl groups excluding tert-OH is 1. The molecule has 0 radical (unpaired) electrons. The van der Waals surface area contributed by atoms with Crippen LogP contribution in [0.5, 0.6) is 0 Å². The van der Waals surface area contributed by atoms with E-state index in [1.165, 1.54) is 0 Å². The van der Waals surface area contributed by atoms with Crippen LogP contribution in [0.1, 0.15) is 6.42 Å². The summed E-state index contributed by atoms with van der Waals surface area (Å²) in [7, 11) is 0. The van der Waals surface area contributed by atoms with Gasteiger partial charge in [-0.1, -0.05) is 0 Å². The highest BCUT2D eigenvalue weighted by molar-refractivity contribution is 5.93. The number of nitrogens with two attached hydrogens (primary N) is 1. The van der Waals surface area contributed by atoms with Crippen molar-refractivity contribution in [2.75, 3.05) is 24.2 Å². The second-order valence-corrected chi connectivity index (χ2v) is 4.75. The molecule has 108 valence electrons. The average molecular weight is 283 g/mol. The Morgan fingerprint density at radius 2 is 2.19 bits per heavy atom. The third kappa shape index (κ3) is 2.80. The monoisotopic (exact) mass is 283 g/mol. The normalized spacial score (nSPS) is 10.9. The van der Waals surface area contributed by atoms with E-state index in [2.05, 4.69) is 15.4 Å². The number of nitrogens with zero attached hydrogens (tertiary/aromatic N) is 3. The van der Waals surface area contributed by atoms with Crippen LogP contribution < -0.4 is 11.1 Å². The summed E-state index contributed by atoms with van der Waals surface area (Å²) in [5, 5.41) is 17.4. The van der Waals surface area contributed by atoms with Gasteiger partial charge in [0.15, 0.2) is 0 Å². The van der Waals surface area contributed by atoms with Crippen LogP contribution in [0.15, 0.2) is 42.7 Å². The lowest BCUT2D eigenvalue weighted by atomic mass is 10.1. The zero-order valence-electron chi connectivity index (χ0n) is 11.5. The van der Waals surface area contributed by atoms with Crippen LogP contribution in [-0.4, -0.2) is 33.0 Å². The molecule has 0 fully saturated rings. The van der Waals surface area contributed by atoms with E-state index in [-0.39, 0.29) is 6.61 Å². The van der Waals surface area contributed by atoms with Crippen molar-refractivity contribution >= 4 is 22.4 Å². The van der Waals surface area contributed by atoms with Crippen LogP contribution in [-0.2, 0) is 0 Å². The van der Waals surface area contributed by atoms with Gasteiger partial charge in [0, 0.05) is 42.7 Å². The molecule has 21 heavy (non-hydrogen) atoms. The van der Waals surface area contributed by atoms with Crippen LogP contribution in [0.3, 0.4) is 0 Å². The highest BCUT2D eigenvalue weighted by Gasteiger charge is 2.06. The summed E-state index contributed by atoms with van der Waals surface area (Å²) in [6.07, 6.45) is 4.31. The fourth-order valence-corrected chi connectivity index (χ4v) is 2.25. The van der Waals surface area contributed by atoms with Crippen molar-refractivity contribution in [3.63, 3.8) is 0 Å². The summed E-state index contributed by atoms with van der Waals surface area (Å²) in [5.74, 6) is 0.464. The molecule has 0 aliphatic rings. The minimum atomic E-state index is 0.162. The van der Waals surface area contributed by atoms with Crippen molar-refractivity contribution in [3.05, 3.63) is 42.7 Å². The van der Waals surface area contributed by atoms with Crippen LogP contribution in [0.4, 0.5) is 11.5 Å². The van der Waals surface area contributed by atoms with Crippen molar-refractivity contribution < 1.29 is 5.11 Å². The number of benzene rings is 1. The van der Waals surface area contributed by atoms with Crippen LogP contribution in [0.25, 0.3) is 16.6 Å². The van der Waals surface area contributed by atoms with Crippen LogP contribution in [0, 0.1) is 0 Å². The molecule has 0 saturated heterocycles. The Morgan fingerprint density at radius 3 is 2.95 bits per heavy atom. The van der Waals surface area contributed by atoms with E-state index in [0.29, 0.717) is 18.8 Å². The van der Waals surface area contributed by atoms with Gasteiger partial charge < -0.3 is 16.2 Å². The zero-order chi connectivity index (χ0) is 14.7. The molecule has 0 bridgehead atoms. The number of hydrogen-bond donors (Lipinski definition) is 3. The fraction of sp³-hybridized carbons (Fsp3) is 0.200. The molecule has 2 aromatic heterocycles. The number of aromatic nitrogens is 3. The summed E-state index contributed by atoms with van der Waals surface area (Å²) < 4.78 is 1.78. The number of anilines is 2. The molecule has 2 heterocycles. The molecule has 3 rings (SSSR count). The maximum Gasteiger partial charge on any atom is 0.126 e. The molecule has 0 aliphatic heterocycles. The average Bonchev–Trinajstić information content (AvgIpc) is 3.01. The summed E-state index contributed by atoms with van der Waals surface area (Å²) in [6, 6.07) is 9.63. The molecule has 0 spiro atoms. The van der Waals surface area contributed by atoms with Crippen molar-refractivity contribution in [3.8, 4) is 5.69 Å². The second-order valence-electron chi connectivity index (χ2n) is 4.75. The molecule has 0 amide bonds. The molecule has 0 saturated carbocycles. The molecule has 6 heteroatoms. The molecule has 0 unspecified atom stereocenters. The van der Waals surface area contributed by atoms with E-state index in [9.17, 15) is 0 Å². The molecule has 0 aliphatic carbocycles. The molecule has 1 aromatic carbocycles. The smallest absolute Gasteiger partial charge is 0.126 e. The summed E-state index contributed by atoms with van der Waals surface area (Å²) in [5.41, 5.74) is 8.55. The number of rotatable bonds is 5. The topological polar surface area (TPSA) is 89.0 Å². The lowest BCUT2D eigenvalue weighted by Crippen LogP contribution is -2.05. The molecule has 0 atom stereocenters. The summed E-state index contributed by atoms with van der Waals surface area (Å²) in [4.78, 5) is 4.38. The lowest BCUT2D eigenvalue weighted by molar-refractivity contribution is 0.292. The van der Waals surface area contributed by atoms with Gasteiger partial charge in [-0.25, -0.2) is 9.67 Å². The predicted octanol–water partition coefficient (Wildman–Crippen LogP) is 1.80. The Kier molecular flexibility index (Phi) is 3.70. The highest BCUT2D eigenvalue weighted by atomic mass is 16.3. The number of nitrogen functional groups attached to an aromatic ring is 1. The largest absolute Gasteiger partial charge is 0.396 e. The van der Waals surface area contributed by atoms with E-state index in [0.717, 1.165) is 22.3 Å². The second kappa shape index (κ2) is 5.80. The first-order valence-corrected chi connectivity index (χ1v) is 6.83. The maximum atomic E-state index is 8.87. The van der Waals surface area contributed by atoms with Crippen molar-refractivity contribution in [2.45, 2.75) is 6.42 Å². The summed E-state index contributed by atoms with van der Waals surface area (Å²) in [6.45, 7) is 0.852. The van der Waals surface area contributed by atoms with Gasteiger partial charge in [0.2, 0.25) is 0 Å². The molecular formula is C15H17N5O. The van der Waals surface area contributed by atoms with Gasteiger partial charge in [0.1, 0.15) is 5.82 Å². The van der Waals surface area contributed by atoms with Gasteiger partial charge in [-0.15, -0.1) is 0 Å². The third-order valence-electron chi connectivity index (χ3n) is 3.23. The predicted molar refractivity (Wildman–Crippen MR) is 83.5 cm³/mol. The third-order valence-corrected chi connectivity index (χ3v) is 3.23. The number of pyridine rings is 1. The van der Waals surface area contributed by atoms with E-state index >= 15 is 0 Å². The van der Waals surface area contributed by atoms with Crippen LogP contribution in [0.2, 0.25) is 0 Å². The maximum absolute atomic E-state index is 8.87. The zero-order valence-corrected chi connectivity index (χ0v) is 11.5. The molecular weight excluding hydrogens is 266 g/mol. The number of fused-ring (bicyclic) bond motifs is 1.